The average Bonchev–Trinajstić information content (AvgIpc) is 2.29. The van der Waals surface area contributed by atoms with Gasteiger partial charge in [0, 0.05) is 12.6 Å². The summed E-state index contributed by atoms with van der Waals surface area (Å²) in [7, 11) is 3.31. The predicted octanol–water partition coefficient (Wildman–Crippen LogP) is 1.39. The van der Waals surface area contributed by atoms with Gasteiger partial charge in [-0.25, -0.2) is 4.98 Å². The summed E-state index contributed by atoms with van der Waals surface area (Å²) < 4.78 is 5.02. The highest BCUT2D eigenvalue weighted by atomic mass is 16.5. The van der Waals surface area contributed by atoms with Gasteiger partial charge in [0.15, 0.2) is 0 Å². The van der Waals surface area contributed by atoms with E-state index in [1.54, 1.807) is 39.0 Å². The van der Waals surface area contributed by atoms with E-state index in [2.05, 4.69) is 4.98 Å². The predicted molar refractivity (Wildman–Crippen MR) is 64.0 cm³/mol. The summed E-state index contributed by atoms with van der Waals surface area (Å²) >= 11 is 0. The SMILES string of the molecule is COc1cccc(CN(C)C(C)(C)C(=O)O)n1. The molecule has 0 aromatic carbocycles. The van der Waals surface area contributed by atoms with Crippen molar-refractivity contribution >= 4 is 5.97 Å². The van der Waals surface area contributed by atoms with Crippen molar-refractivity contribution < 1.29 is 14.6 Å². The van der Waals surface area contributed by atoms with Gasteiger partial charge < -0.3 is 9.84 Å². The van der Waals surface area contributed by atoms with Gasteiger partial charge >= 0.3 is 5.97 Å². The zero-order valence-electron chi connectivity index (χ0n) is 10.6. The molecular weight excluding hydrogens is 220 g/mol. The van der Waals surface area contributed by atoms with E-state index in [9.17, 15) is 4.79 Å². The first-order valence-electron chi connectivity index (χ1n) is 5.32. The van der Waals surface area contributed by atoms with Crippen LogP contribution in [-0.2, 0) is 11.3 Å². The lowest BCUT2D eigenvalue weighted by Crippen LogP contribution is -2.47. The smallest absolute Gasteiger partial charge is 0.323 e. The van der Waals surface area contributed by atoms with Crippen LogP contribution in [0.5, 0.6) is 5.88 Å². The Balaban J connectivity index is 2.80. The van der Waals surface area contributed by atoms with Crippen molar-refractivity contribution in [2.75, 3.05) is 14.2 Å². The average molecular weight is 238 g/mol. The van der Waals surface area contributed by atoms with Crippen molar-refractivity contribution in [2.45, 2.75) is 25.9 Å². The molecule has 0 saturated carbocycles. The first-order valence-corrected chi connectivity index (χ1v) is 5.32. The molecule has 0 fully saturated rings. The number of hydrogen-bond acceptors (Lipinski definition) is 4. The summed E-state index contributed by atoms with van der Waals surface area (Å²) in [5.74, 6) is -0.327. The monoisotopic (exact) mass is 238 g/mol. The number of rotatable bonds is 5. The zero-order valence-corrected chi connectivity index (χ0v) is 10.6. The van der Waals surface area contributed by atoms with Gasteiger partial charge in [-0.05, 0) is 27.0 Å². The van der Waals surface area contributed by atoms with Crippen LogP contribution in [0.15, 0.2) is 18.2 Å². The van der Waals surface area contributed by atoms with Crippen LogP contribution in [-0.4, -0.2) is 40.7 Å². The molecule has 0 aliphatic heterocycles. The van der Waals surface area contributed by atoms with Gasteiger partial charge in [0.25, 0.3) is 0 Å². The van der Waals surface area contributed by atoms with E-state index in [4.69, 9.17) is 9.84 Å². The van der Waals surface area contributed by atoms with Gasteiger partial charge in [0.1, 0.15) is 5.54 Å². The van der Waals surface area contributed by atoms with Crippen LogP contribution >= 0.6 is 0 Å². The fraction of sp³-hybridized carbons (Fsp3) is 0.500. The number of carboxylic acid groups (broad SMARTS) is 1. The Kier molecular flexibility index (Phi) is 4.07. The molecule has 5 heteroatoms. The van der Waals surface area contributed by atoms with Crippen molar-refractivity contribution in [3.8, 4) is 5.88 Å². The second-order valence-corrected chi connectivity index (χ2v) is 4.39. The van der Waals surface area contributed by atoms with E-state index in [0.717, 1.165) is 5.69 Å². The minimum absolute atomic E-state index is 0.455. The third-order valence-electron chi connectivity index (χ3n) is 2.87. The molecule has 94 valence electrons. The van der Waals surface area contributed by atoms with Crippen molar-refractivity contribution in [1.82, 2.24) is 9.88 Å². The molecule has 1 N–H and O–H groups in total. The summed E-state index contributed by atoms with van der Waals surface area (Å²) in [4.78, 5) is 17.1. The summed E-state index contributed by atoms with van der Waals surface area (Å²) in [5, 5.41) is 9.10. The molecule has 0 spiro atoms. The van der Waals surface area contributed by atoms with Gasteiger partial charge in [0.2, 0.25) is 5.88 Å². The Bertz CT molecular complexity index is 404. The Labute approximate surface area is 101 Å². The number of pyridine rings is 1. The van der Waals surface area contributed by atoms with Crippen molar-refractivity contribution in [3.63, 3.8) is 0 Å². The minimum atomic E-state index is -0.926. The van der Waals surface area contributed by atoms with Gasteiger partial charge in [0.05, 0.1) is 12.8 Å². The van der Waals surface area contributed by atoms with Crippen LogP contribution in [0.1, 0.15) is 19.5 Å². The first-order chi connectivity index (χ1) is 7.87. The number of ether oxygens (including phenoxy) is 1. The molecule has 1 rings (SSSR count). The number of likely N-dealkylation sites (N-methyl/N-ethyl adjacent to an activating group) is 1. The molecule has 1 aromatic heterocycles. The molecule has 5 nitrogen and oxygen atoms in total. The topological polar surface area (TPSA) is 62.7 Å². The van der Waals surface area contributed by atoms with Crippen LogP contribution in [0.2, 0.25) is 0 Å². The molecule has 0 radical (unpaired) electrons. The van der Waals surface area contributed by atoms with Crippen LogP contribution in [0, 0.1) is 0 Å². The molecule has 0 amide bonds. The maximum atomic E-state index is 11.1. The lowest BCUT2D eigenvalue weighted by Gasteiger charge is -2.31. The van der Waals surface area contributed by atoms with E-state index in [-0.39, 0.29) is 0 Å². The number of aliphatic carboxylic acids is 1. The second kappa shape index (κ2) is 5.14. The molecule has 0 aliphatic rings. The highest BCUT2D eigenvalue weighted by Gasteiger charge is 2.32. The molecule has 0 aliphatic carbocycles. The highest BCUT2D eigenvalue weighted by molar-refractivity contribution is 5.77. The molecular formula is C12H18N2O3. The Hall–Kier alpha value is -1.62. The van der Waals surface area contributed by atoms with Gasteiger partial charge in [-0.15, -0.1) is 0 Å². The fourth-order valence-corrected chi connectivity index (χ4v) is 1.26. The Morgan fingerprint density at radius 1 is 1.53 bits per heavy atom. The molecule has 17 heavy (non-hydrogen) atoms. The molecule has 1 heterocycles. The summed E-state index contributed by atoms with van der Waals surface area (Å²) in [6.07, 6.45) is 0. The molecule has 0 unspecified atom stereocenters. The number of methoxy groups -OCH3 is 1. The minimum Gasteiger partial charge on any atom is -0.481 e. The van der Waals surface area contributed by atoms with Crippen LogP contribution in [0.3, 0.4) is 0 Å². The summed E-state index contributed by atoms with van der Waals surface area (Å²) in [5.41, 5.74) is -0.147. The van der Waals surface area contributed by atoms with E-state index in [0.29, 0.717) is 12.4 Å². The number of aromatic nitrogens is 1. The maximum absolute atomic E-state index is 11.1. The molecule has 1 aromatic rings. The third-order valence-corrected chi connectivity index (χ3v) is 2.87. The zero-order chi connectivity index (χ0) is 13.1. The lowest BCUT2D eigenvalue weighted by atomic mass is 10.0. The molecule has 0 atom stereocenters. The van der Waals surface area contributed by atoms with Crippen LogP contribution in [0.25, 0.3) is 0 Å². The quantitative estimate of drug-likeness (QED) is 0.839. The molecule has 0 saturated heterocycles. The van der Waals surface area contributed by atoms with E-state index < -0.39 is 11.5 Å². The summed E-state index contributed by atoms with van der Waals surface area (Å²) in [6, 6.07) is 5.44. The largest absolute Gasteiger partial charge is 0.481 e. The van der Waals surface area contributed by atoms with Gasteiger partial charge in [-0.2, -0.15) is 0 Å². The first kappa shape index (κ1) is 13.4. The van der Waals surface area contributed by atoms with Crippen LogP contribution in [0.4, 0.5) is 0 Å². The summed E-state index contributed by atoms with van der Waals surface area (Å²) in [6.45, 7) is 3.78. The van der Waals surface area contributed by atoms with Gasteiger partial charge in [-0.3, -0.25) is 9.69 Å². The normalized spacial score (nSPS) is 11.6. The van der Waals surface area contributed by atoms with Crippen molar-refractivity contribution in [2.24, 2.45) is 0 Å². The van der Waals surface area contributed by atoms with Crippen molar-refractivity contribution in [1.29, 1.82) is 0 Å². The molecule has 0 bridgehead atoms. The van der Waals surface area contributed by atoms with E-state index in [1.807, 2.05) is 12.1 Å². The standard InChI is InChI=1S/C12H18N2O3/c1-12(2,11(15)16)14(3)8-9-6-5-7-10(13-9)17-4/h5-7H,8H2,1-4H3,(H,15,16). The Morgan fingerprint density at radius 3 is 2.71 bits per heavy atom. The second-order valence-electron chi connectivity index (χ2n) is 4.39. The maximum Gasteiger partial charge on any atom is 0.323 e. The number of carbonyl (C=O) groups is 1. The highest BCUT2D eigenvalue weighted by Crippen LogP contribution is 2.16. The van der Waals surface area contributed by atoms with Crippen molar-refractivity contribution in [3.05, 3.63) is 23.9 Å². The number of carboxylic acids is 1. The number of nitrogens with zero attached hydrogens (tertiary/aromatic N) is 2. The van der Waals surface area contributed by atoms with E-state index in [1.165, 1.54) is 0 Å². The van der Waals surface area contributed by atoms with Crippen LogP contribution < -0.4 is 4.74 Å². The van der Waals surface area contributed by atoms with Gasteiger partial charge in [-0.1, -0.05) is 6.07 Å². The third kappa shape index (κ3) is 3.17. The lowest BCUT2D eigenvalue weighted by molar-refractivity contribution is -0.148. The fourth-order valence-electron chi connectivity index (χ4n) is 1.26. The van der Waals surface area contributed by atoms with E-state index >= 15 is 0 Å². The number of hydrogen-bond donors (Lipinski definition) is 1. The Morgan fingerprint density at radius 2 is 2.18 bits per heavy atom.